The first kappa shape index (κ1) is 19.4. The number of aryl methyl sites for hydroxylation is 1. The number of piperidine rings is 1. The van der Waals surface area contributed by atoms with Crippen molar-refractivity contribution in [2.24, 2.45) is 5.14 Å². The van der Waals surface area contributed by atoms with Gasteiger partial charge in [-0.25, -0.2) is 13.6 Å². The number of carbonyl (C=O) groups excluding carboxylic acids is 1. The van der Waals surface area contributed by atoms with Crippen molar-refractivity contribution in [2.75, 3.05) is 18.4 Å². The molecule has 1 aliphatic heterocycles. The maximum Gasteiger partial charge on any atom is 0.320 e. The molecule has 8 nitrogen and oxygen atoms in total. The zero-order chi connectivity index (χ0) is 18.8. The Balaban J connectivity index is 2.17. The molecule has 1 atom stereocenters. The lowest BCUT2D eigenvalue weighted by Gasteiger charge is -2.32. The average molecular weight is 369 g/mol. The Kier molecular flexibility index (Phi) is 5.81. The first-order valence-corrected chi connectivity index (χ1v) is 9.55. The molecule has 1 aliphatic rings. The number of anilines is 1. The van der Waals surface area contributed by atoms with Crippen LogP contribution in [0.5, 0.6) is 0 Å². The quantitative estimate of drug-likeness (QED) is 0.705. The molecule has 1 saturated heterocycles. The number of hydrogen-bond donors (Lipinski definition) is 3. The van der Waals surface area contributed by atoms with E-state index in [1.165, 1.54) is 12.1 Å². The molecule has 1 heterocycles. The largest absolute Gasteiger partial charge is 0.480 e. The van der Waals surface area contributed by atoms with E-state index in [1.54, 1.807) is 18.7 Å². The minimum Gasteiger partial charge on any atom is -0.480 e. The molecule has 4 N–H and O–H groups in total. The van der Waals surface area contributed by atoms with Crippen molar-refractivity contribution in [1.29, 1.82) is 0 Å². The number of nitrogens with two attached hydrogens (primary N) is 1. The van der Waals surface area contributed by atoms with Gasteiger partial charge in [-0.3, -0.25) is 14.5 Å². The van der Waals surface area contributed by atoms with Gasteiger partial charge in [-0.05, 0) is 56.5 Å². The van der Waals surface area contributed by atoms with Crippen molar-refractivity contribution >= 4 is 27.6 Å². The van der Waals surface area contributed by atoms with Crippen LogP contribution in [0.3, 0.4) is 0 Å². The number of likely N-dealkylation sites (tertiary alicyclic amines) is 1. The summed E-state index contributed by atoms with van der Waals surface area (Å²) < 4.78 is 23.1. The number of amides is 1. The second kappa shape index (κ2) is 7.51. The third-order valence-corrected chi connectivity index (χ3v) is 5.38. The predicted octanol–water partition coefficient (Wildman–Crippen LogP) is 0.828. The van der Waals surface area contributed by atoms with Crippen LogP contribution in [0.25, 0.3) is 0 Å². The van der Waals surface area contributed by atoms with Gasteiger partial charge in [-0.15, -0.1) is 0 Å². The summed E-state index contributed by atoms with van der Waals surface area (Å²) in [6, 6.07) is 2.10. The number of carboxylic acids is 1. The number of rotatable bonds is 5. The van der Waals surface area contributed by atoms with Crippen molar-refractivity contribution in [1.82, 2.24) is 4.90 Å². The Hall–Kier alpha value is -1.97. The Morgan fingerprint density at radius 1 is 1.32 bits per heavy atom. The average Bonchev–Trinajstić information content (AvgIpc) is 2.50. The van der Waals surface area contributed by atoms with Crippen LogP contribution < -0.4 is 10.5 Å². The normalized spacial score (nSPS) is 18.8. The molecule has 0 aromatic heterocycles. The summed E-state index contributed by atoms with van der Waals surface area (Å²) in [4.78, 5) is 25.2. The SMILES string of the molecule is Cc1cc(S(N)(=O)=O)cc(NC(=O)CN2CCCCC2C(=O)O)c1C. The fraction of sp³-hybridized carbons (Fsp3) is 0.500. The molecule has 9 heteroatoms. The standard InChI is InChI=1S/C16H23N3O5S/c1-10-7-12(25(17,23)24)8-13(11(10)2)18-15(20)9-19-6-4-3-5-14(19)16(21)22/h7-8,14H,3-6,9H2,1-2H3,(H,18,20)(H,21,22)(H2,17,23,24). The summed E-state index contributed by atoms with van der Waals surface area (Å²) >= 11 is 0. The van der Waals surface area contributed by atoms with Crippen molar-refractivity contribution in [3.8, 4) is 0 Å². The van der Waals surface area contributed by atoms with Crippen LogP contribution in [0.15, 0.2) is 17.0 Å². The first-order valence-electron chi connectivity index (χ1n) is 8.00. The number of carbonyl (C=O) groups is 2. The van der Waals surface area contributed by atoms with E-state index < -0.39 is 22.0 Å². The van der Waals surface area contributed by atoms with E-state index in [0.29, 0.717) is 24.2 Å². The fourth-order valence-electron chi connectivity index (χ4n) is 2.95. The summed E-state index contributed by atoms with van der Waals surface area (Å²) in [5, 5.41) is 17.1. The van der Waals surface area contributed by atoms with E-state index >= 15 is 0 Å². The number of hydrogen-bond acceptors (Lipinski definition) is 5. The highest BCUT2D eigenvalue weighted by molar-refractivity contribution is 7.89. The van der Waals surface area contributed by atoms with Gasteiger partial charge in [0, 0.05) is 5.69 Å². The lowest BCUT2D eigenvalue weighted by atomic mass is 10.0. The lowest BCUT2D eigenvalue weighted by molar-refractivity contribution is -0.145. The molecule has 1 aromatic carbocycles. The van der Waals surface area contributed by atoms with Crippen LogP contribution in [0.1, 0.15) is 30.4 Å². The minimum absolute atomic E-state index is 0.0605. The second-order valence-electron chi connectivity index (χ2n) is 6.33. The molecule has 0 bridgehead atoms. The van der Waals surface area contributed by atoms with Crippen LogP contribution >= 0.6 is 0 Å². The molecule has 138 valence electrons. The molecule has 1 fully saturated rings. The molecule has 0 spiro atoms. The Morgan fingerprint density at radius 2 is 2.00 bits per heavy atom. The zero-order valence-electron chi connectivity index (χ0n) is 14.3. The molecule has 1 amide bonds. The van der Waals surface area contributed by atoms with E-state index in [-0.39, 0.29) is 17.3 Å². The van der Waals surface area contributed by atoms with Crippen molar-refractivity contribution < 1.29 is 23.1 Å². The molecule has 0 saturated carbocycles. The van der Waals surface area contributed by atoms with Crippen molar-refractivity contribution in [3.05, 3.63) is 23.3 Å². The van der Waals surface area contributed by atoms with Gasteiger partial charge in [0.05, 0.1) is 11.4 Å². The van der Waals surface area contributed by atoms with Crippen LogP contribution in [-0.2, 0) is 19.6 Å². The number of nitrogens with one attached hydrogen (secondary N) is 1. The summed E-state index contributed by atoms with van der Waals surface area (Å²) in [5.74, 6) is -1.32. The van der Waals surface area contributed by atoms with Crippen molar-refractivity contribution in [2.45, 2.75) is 44.0 Å². The number of carboxylic acid groups (broad SMARTS) is 1. The molecule has 2 rings (SSSR count). The van der Waals surface area contributed by atoms with Gasteiger partial charge >= 0.3 is 5.97 Å². The molecule has 25 heavy (non-hydrogen) atoms. The van der Waals surface area contributed by atoms with Crippen LogP contribution in [-0.4, -0.2) is 49.4 Å². The first-order chi connectivity index (χ1) is 11.6. The summed E-state index contributed by atoms with van der Waals surface area (Å²) in [5.41, 5.74) is 1.77. The Bertz CT molecular complexity index is 791. The maximum absolute atomic E-state index is 12.3. The third kappa shape index (κ3) is 4.77. The Labute approximate surface area is 147 Å². The van der Waals surface area contributed by atoms with Gasteiger partial charge in [0.2, 0.25) is 15.9 Å². The number of aliphatic carboxylic acids is 1. The smallest absolute Gasteiger partial charge is 0.320 e. The molecular formula is C16H23N3O5S. The molecule has 1 unspecified atom stereocenters. The summed E-state index contributed by atoms with van der Waals surface area (Å²) in [6.45, 7) is 3.97. The van der Waals surface area contributed by atoms with Crippen molar-refractivity contribution in [3.63, 3.8) is 0 Å². The predicted molar refractivity (Wildman–Crippen MR) is 92.8 cm³/mol. The topological polar surface area (TPSA) is 130 Å². The minimum atomic E-state index is -3.89. The van der Waals surface area contributed by atoms with Gasteiger partial charge in [0.15, 0.2) is 0 Å². The summed E-state index contributed by atoms with van der Waals surface area (Å²) in [7, 11) is -3.89. The number of benzene rings is 1. The number of nitrogens with zero attached hydrogens (tertiary/aromatic N) is 1. The van der Waals surface area contributed by atoms with Crippen LogP contribution in [0.4, 0.5) is 5.69 Å². The third-order valence-electron chi connectivity index (χ3n) is 4.49. The number of primary sulfonamides is 1. The zero-order valence-corrected chi connectivity index (χ0v) is 15.1. The van der Waals surface area contributed by atoms with Gasteiger partial charge in [0.25, 0.3) is 0 Å². The van der Waals surface area contributed by atoms with Crippen LogP contribution in [0.2, 0.25) is 0 Å². The van der Waals surface area contributed by atoms with Gasteiger partial charge < -0.3 is 10.4 Å². The van der Waals surface area contributed by atoms with E-state index in [2.05, 4.69) is 5.32 Å². The van der Waals surface area contributed by atoms with E-state index in [0.717, 1.165) is 18.4 Å². The van der Waals surface area contributed by atoms with E-state index in [9.17, 15) is 23.1 Å². The Morgan fingerprint density at radius 3 is 2.60 bits per heavy atom. The maximum atomic E-state index is 12.3. The molecule has 1 aromatic rings. The highest BCUT2D eigenvalue weighted by Gasteiger charge is 2.29. The lowest BCUT2D eigenvalue weighted by Crippen LogP contribution is -2.47. The highest BCUT2D eigenvalue weighted by atomic mass is 32.2. The molecule has 0 aliphatic carbocycles. The van der Waals surface area contributed by atoms with Gasteiger partial charge in [-0.2, -0.15) is 0 Å². The molecular weight excluding hydrogens is 346 g/mol. The second-order valence-corrected chi connectivity index (χ2v) is 7.89. The van der Waals surface area contributed by atoms with Gasteiger partial charge in [-0.1, -0.05) is 6.42 Å². The fourth-order valence-corrected chi connectivity index (χ4v) is 3.58. The van der Waals surface area contributed by atoms with Gasteiger partial charge in [0.1, 0.15) is 6.04 Å². The summed E-state index contributed by atoms with van der Waals surface area (Å²) in [6.07, 6.45) is 2.18. The molecule has 0 radical (unpaired) electrons. The van der Waals surface area contributed by atoms with E-state index in [1.807, 2.05) is 0 Å². The van der Waals surface area contributed by atoms with E-state index in [4.69, 9.17) is 5.14 Å². The monoisotopic (exact) mass is 369 g/mol. The number of sulfonamides is 1. The van der Waals surface area contributed by atoms with Crippen LogP contribution in [0, 0.1) is 13.8 Å². The highest BCUT2D eigenvalue weighted by Crippen LogP contribution is 2.24.